The SMILES string of the molecule is Cc1ccc(-c2c(C=O)c(C=O)c(O)c3cc(C)c(C)cc23)cc1C. The molecule has 3 nitrogen and oxygen atoms in total. The van der Waals surface area contributed by atoms with Crippen molar-refractivity contribution in [3.63, 3.8) is 0 Å². The van der Waals surface area contributed by atoms with E-state index in [9.17, 15) is 14.7 Å². The summed E-state index contributed by atoms with van der Waals surface area (Å²) >= 11 is 0. The van der Waals surface area contributed by atoms with E-state index in [4.69, 9.17) is 0 Å². The van der Waals surface area contributed by atoms with Gasteiger partial charge in [0, 0.05) is 16.5 Å². The van der Waals surface area contributed by atoms with Crippen LogP contribution in [-0.4, -0.2) is 17.7 Å². The largest absolute Gasteiger partial charge is 0.507 e. The molecule has 0 heterocycles. The number of aromatic hydroxyl groups is 1. The zero-order valence-corrected chi connectivity index (χ0v) is 14.8. The molecule has 126 valence electrons. The molecule has 0 aliphatic carbocycles. The topological polar surface area (TPSA) is 54.4 Å². The fourth-order valence-corrected chi connectivity index (χ4v) is 3.22. The van der Waals surface area contributed by atoms with Crippen LogP contribution in [0.4, 0.5) is 0 Å². The smallest absolute Gasteiger partial charge is 0.154 e. The average molecular weight is 332 g/mol. The van der Waals surface area contributed by atoms with Gasteiger partial charge in [-0.2, -0.15) is 0 Å². The van der Waals surface area contributed by atoms with E-state index in [1.54, 1.807) is 0 Å². The Labute approximate surface area is 146 Å². The normalized spacial score (nSPS) is 10.9. The molecule has 3 heteroatoms. The predicted molar refractivity (Wildman–Crippen MR) is 101 cm³/mol. The van der Waals surface area contributed by atoms with Crippen molar-refractivity contribution < 1.29 is 14.7 Å². The Morgan fingerprint density at radius 1 is 0.720 bits per heavy atom. The number of fused-ring (bicyclic) bond motifs is 1. The first kappa shape index (κ1) is 16.9. The maximum Gasteiger partial charge on any atom is 0.154 e. The number of rotatable bonds is 3. The summed E-state index contributed by atoms with van der Waals surface area (Å²) in [5, 5.41) is 11.9. The Morgan fingerprint density at radius 2 is 1.28 bits per heavy atom. The Kier molecular flexibility index (Phi) is 4.17. The average Bonchev–Trinajstić information content (AvgIpc) is 2.59. The molecule has 0 atom stereocenters. The third kappa shape index (κ3) is 2.62. The lowest BCUT2D eigenvalue weighted by Gasteiger charge is -2.17. The van der Waals surface area contributed by atoms with Crippen LogP contribution in [0.5, 0.6) is 5.75 Å². The number of benzene rings is 3. The number of phenolic OH excluding ortho intramolecular Hbond substituents is 1. The molecule has 0 fully saturated rings. The van der Waals surface area contributed by atoms with Crippen LogP contribution in [0.1, 0.15) is 43.0 Å². The highest BCUT2D eigenvalue weighted by Gasteiger charge is 2.20. The lowest BCUT2D eigenvalue weighted by molar-refractivity contribution is 0.109. The highest BCUT2D eigenvalue weighted by atomic mass is 16.3. The summed E-state index contributed by atoms with van der Waals surface area (Å²) in [6.07, 6.45) is 1.21. The van der Waals surface area contributed by atoms with Crippen LogP contribution in [0.3, 0.4) is 0 Å². The molecule has 3 rings (SSSR count). The minimum Gasteiger partial charge on any atom is -0.507 e. The lowest BCUT2D eigenvalue weighted by Crippen LogP contribution is -1.99. The summed E-state index contributed by atoms with van der Waals surface area (Å²) in [4.78, 5) is 23.4. The molecule has 0 unspecified atom stereocenters. The number of aryl methyl sites for hydroxylation is 4. The fraction of sp³-hybridized carbons (Fsp3) is 0.182. The first-order valence-corrected chi connectivity index (χ1v) is 8.17. The molecular weight excluding hydrogens is 312 g/mol. The fourth-order valence-electron chi connectivity index (χ4n) is 3.22. The van der Waals surface area contributed by atoms with Crippen LogP contribution in [0.2, 0.25) is 0 Å². The van der Waals surface area contributed by atoms with Crippen LogP contribution in [0.25, 0.3) is 21.9 Å². The third-order valence-corrected chi connectivity index (χ3v) is 5.00. The van der Waals surface area contributed by atoms with Gasteiger partial charge in [-0.15, -0.1) is 0 Å². The maximum atomic E-state index is 11.8. The van der Waals surface area contributed by atoms with Gasteiger partial charge in [0.15, 0.2) is 12.6 Å². The van der Waals surface area contributed by atoms with E-state index in [-0.39, 0.29) is 16.9 Å². The number of phenols is 1. The lowest BCUT2D eigenvalue weighted by atomic mass is 9.87. The molecule has 0 spiro atoms. The summed E-state index contributed by atoms with van der Waals surface area (Å²) in [6.45, 7) is 7.99. The van der Waals surface area contributed by atoms with E-state index in [0.717, 1.165) is 33.2 Å². The second kappa shape index (κ2) is 6.17. The van der Waals surface area contributed by atoms with Crippen molar-refractivity contribution >= 4 is 23.3 Å². The molecule has 0 aliphatic rings. The van der Waals surface area contributed by atoms with Gasteiger partial charge in [-0.1, -0.05) is 24.3 Å². The van der Waals surface area contributed by atoms with Crippen molar-refractivity contribution in [2.45, 2.75) is 27.7 Å². The van der Waals surface area contributed by atoms with Crippen LogP contribution in [0.15, 0.2) is 30.3 Å². The van der Waals surface area contributed by atoms with Crippen LogP contribution >= 0.6 is 0 Å². The summed E-state index contributed by atoms with van der Waals surface area (Å²) in [6, 6.07) is 9.80. The third-order valence-electron chi connectivity index (χ3n) is 5.00. The zero-order valence-electron chi connectivity index (χ0n) is 14.8. The van der Waals surface area contributed by atoms with E-state index in [2.05, 4.69) is 0 Å². The minimum absolute atomic E-state index is 0.0407. The van der Waals surface area contributed by atoms with Gasteiger partial charge in [0.1, 0.15) is 5.75 Å². The van der Waals surface area contributed by atoms with Gasteiger partial charge >= 0.3 is 0 Å². The zero-order chi connectivity index (χ0) is 18.3. The molecule has 0 aromatic heterocycles. The van der Waals surface area contributed by atoms with E-state index >= 15 is 0 Å². The van der Waals surface area contributed by atoms with Crippen LogP contribution < -0.4 is 0 Å². The van der Waals surface area contributed by atoms with Gasteiger partial charge in [0.2, 0.25) is 0 Å². The van der Waals surface area contributed by atoms with E-state index in [1.807, 2.05) is 58.0 Å². The highest BCUT2D eigenvalue weighted by molar-refractivity contribution is 6.13. The van der Waals surface area contributed by atoms with Crippen molar-refractivity contribution in [2.75, 3.05) is 0 Å². The molecule has 0 saturated heterocycles. The molecule has 3 aromatic carbocycles. The molecular formula is C22H20O3. The van der Waals surface area contributed by atoms with Crippen LogP contribution in [-0.2, 0) is 0 Å². The van der Waals surface area contributed by atoms with Gasteiger partial charge in [0.25, 0.3) is 0 Å². The Hall–Kier alpha value is -2.94. The summed E-state index contributed by atoms with van der Waals surface area (Å²) in [5.74, 6) is -0.136. The number of carbonyl (C=O) groups excluding carboxylic acids is 2. The molecule has 0 bridgehead atoms. The van der Waals surface area contributed by atoms with Crippen molar-refractivity contribution in [1.29, 1.82) is 0 Å². The van der Waals surface area contributed by atoms with E-state index in [1.165, 1.54) is 0 Å². The van der Waals surface area contributed by atoms with Crippen molar-refractivity contribution in [3.8, 4) is 16.9 Å². The summed E-state index contributed by atoms with van der Waals surface area (Å²) in [5.41, 5.74) is 6.16. The van der Waals surface area contributed by atoms with Gasteiger partial charge < -0.3 is 5.11 Å². The highest BCUT2D eigenvalue weighted by Crippen LogP contribution is 2.41. The standard InChI is InChI=1S/C22H20O3/c1-12-5-6-16(7-13(12)2)21-17-8-14(3)15(4)9-18(17)22(25)20(11-24)19(21)10-23/h5-11,25H,1-4H3. The second-order valence-electron chi connectivity index (χ2n) is 6.57. The predicted octanol–water partition coefficient (Wildman–Crippen LogP) is 5.07. The number of carbonyl (C=O) groups is 2. The molecule has 0 aliphatic heterocycles. The quantitative estimate of drug-likeness (QED) is 0.681. The summed E-state index contributed by atoms with van der Waals surface area (Å²) < 4.78 is 0. The van der Waals surface area contributed by atoms with Crippen molar-refractivity contribution in [2.24, 2.45) is 0 Å². The second-order valence-corrected chi connectivity index (χ2v) is 6.57. The first-order chi connectivity index (χ1) is 11.9. The van der Waals surface area contributed by atoms with Gasteiger partial charge in [0.05, 0.1) is 5.56 Å². The van der Waals surface area contributed by atoms with Gasteiger partial charge in [-0.05, 0) is 67.0 Å². The molecule has 0 saturated carbocycles. The first-order valence-electron chi connectivity index (χ1n) is 8.17. The Morgan fingerprint density at radius 3 is 1.84 bits per heavy atom. The van der Waals surface area contributed by atoms with Crippen LogP contribution in [0, 0.1) is 27.7 Å². The minimum atomic E-state index is -0.136. The Balaban J connectivity index is 2.56. The van der Waals surface area contributed by atoms with Crippen molar-refractivity contribution in [1.82, 2.24) is 0 Å². The van der Waals surface area contributed by atoms with Crippen molar-refractivity contribution in [3.05, 3.63) is 63.7 Å². The molecule has 1 N–H and O–H groups in total. The summed E-state index contributed by atoms with van der Waals surface area (Å²) in [7, 11) is 0. The molecule has 0 radical (unpaired) electrons. The van der Waals surface area contributed by atoms with Gasteiger partial charge in [-0.25, -0.2) is 0 Å². The molecule has 3 aromatic rings. The van der Waals surface area contributed by atoms with Gasteiger partial charge in [-0.3, -0.25) is 9.59 Å². The molecule has 25 heavy (non-hydrogen) atoms. The number of aldehydes is 2. The number of hydrogen-bond donors (Lipinski definition) is 1. The maximum absolute atomic E-state index is 11.8. The monoisotopic (exact) mass is 332 g/mol. The Bertz CT molecular complexity index is 1030. The van der Waals surface area contributed by atoms with E-state index in [0.29, 0.717) is 23.5 Å². The molecule has 0 amide bonds. The van der Waals surface area contributed by atoms with E-state index < -0.39 is 0 Å². The number of hydrogen-bond acceptors (Lipinski definition) is 3.